The number of aromatic nitrogens is 2. The smallest absolute Gasteiger partial charge is 0.270 e. The maximum absolute atomic E-state index is 13.2. The van der Waals surface area contributed by atoms with Crippen molar-refractivity contribution in [1.29, 1.82) is 0 Å². The Hall–Kier alpha value is -2.91. The van der Waals surface area contributed by atoms with E-state index in [2.05, 4.69) is 15.6 Å². The van der Waals surface area contributed by atoms with Gasteiger partial charge in [0.15, 0.2) is 6.61 Å². The number of nitrogens with one attached hydrogen (secondary N) is 2. The third kappa shape index (κ3) is 3.70. The Balaban J connectivity index is 0.000000359. The van der Waals surface area contributed by atoms with Gasteiger partial charge in [0.2, 0.25) is 0 Å². The van der Waals surface area contributed by atoms with Crippen LogP contribution < -0.4 is 15.4 Å². The van der Waals surface area contributed by atoms with Crippen LogP contribution in [0.25, 0.3) is 11.0 Å². The van der Waals surface area contributed by atoms with Crippen LogP contribution in [0.1, 0.15) is 18.4 Å². The largest absolute Gasteiger partial charge is 0.482 e. The summed E-state index contributed by atoms with van der Waals surface area (Å²) in [4.78, 5) is 15.8. The normalized spacial score (nSPS) is 15.8. The molecule has 1 fully saturated rings. The average Bonchev–Trinajstić information content (AvgIpc) is 3.40. The van der Waals surface area contributed by atoms with Gasteiger partial charge >= 0.3 is 0 Å². The Bertz CT molecular complexity index is 1160. The van der Waals surface area contributed by atoms with Gasteiger partial charge in [0, 0.05) is 12.4 Å². The van der Waals surface area contributed by atoms with E-state index in [9.17, 15) is 13.2 Å². The SMILES string of the molecule is C1CCNC1.Cc1cn(S(=O)(=O)c2cccc3c2NC(=O)CO3)c2cccnc12. The molecule has 1 amide bonds. The molecule has 3 aromatic rings. The predicted octanol–water partition coefficient (Wildman–Crippen LogP) is 2.28. The lowest BCUT2D eigenvalue weighted by atomic mass is 10.2. The number of aryl methyl sites for hydroxylation is 1. The van der Waals surface area contributed by atoms with Crippen molar-refractivity contribution in [1.82, 2.24) is 14.3 Å². The van der Waals surface area contributed by atoms with Crippen LogP contribution in [0.5, 0.6) is 5.75 Å². The standard InChI is InChI=1S/C16H13N3O4S.C4H9N/c1-10-8-19(11-4-3-7-17-15(10)11)24(21,22)13-6-2-5-12-16(13)18-14(20)9-23-12;1-2-4-5-3-1/h2-8H,9H2,1H3,(H,18,20);5H,1-4H2. The summed E-state index contributed by atoms with van der Waals surface area (Å²) >= 11 is 0. The number of rotatable bonds is 2. The van der Waals surface area contributed by atoms with Crippen molar-refractivity contribution >= 4 is 32.7 Å². The molecule has 0 saturated carbocycles. The first-order valence-electron chi connectivity index (χ1n) is 9.43. The van der Waals surface area contributed by atoms with Gasteiger partial charge in [0.05, 0.1) is 11.0 Å². The molecule has 0 spiro atoms. The number of amides is 1. The van der Waals surface area contributed by atoms with Gasteiger partial charge in [-0.3, -0.25) is 9.78 Å². The third-order valence-electron chi connectivity index (χ3n) is 4.81. The highest BCUT2D eigenvalue weighted by molar-refractivity contribution is 7.90. The van der Waals surface area contributed by atoms with Gasteiger partial charge in [-0.05, 0) is 62.7 Å². The van der Waals surface area contributed by atoms with Gasteiger partial charge in [0.1, 0.15) is 16.3 Å². The number of para-hydroxylation sites is 1. The average molecular weight is 414 g/mol. The van der Waals surface area contributed by atoms with Gasteiger partial charge in [-0.15, -0.1) is 0 Å². The first-order valence-corrected chi connectivity index (χ1v) is 10.9. The summed E-state index contributed by atoms with van der Waals surface area (Å²) in [6.07, 6.45) is 5.92. The molecule has 1 aromatic carbocycles. The fourth-order valence-corrected chi connectivity index (χ4v) is 4.98. The Kier molecular flexibility index (Phi) is 5.25. The molecule has 0 atom stereocenters. The summed E-state index contributed by atoms with van der Waals surface area (Å²) in [6.45, 7) is 4.17. The molecule has 2 aliphatic heterocycles. The summed E-state index contributed by atoms with van der Waals surface area (Å²) in [5.41, 5.74) is 2.01. The summed E-state index contributed by atoms with van der Waals surface area (Å²) in [6, 6.07) is 8.02. The minimum Gasteiger partial charge on any atom is -0.482 e. The Morgan fingerprint density at radius 1 is 1.14 bits per heavy atom. The number of carbonyl (C=O) groups excluding carboxylic acids is 1. The molecule has 5 rings (SSSR count). The minimum absolute atomic E-state index is 0.0196. The maximum Gasteiger partial charge on any atom is 0.270 e. The van der Waals surface area contributed by atoms with Crippen LogP contribution >= 0.6 is 0 Å². The van der Waals surface area contributed by atoms with Crippen molar-refractivity contribution in [3.05, 3.63) is 48.3 Å². The second-order valence-electron chi connectivity index (χ2n) is 6.91. The molecule has 8 nitrogen and oxygen atoms in total. The number of hydrogen-bond donors (Lipinski definition) is 2. The number of fused-ring (bicyclic) bond motifs is 2. The quantitative estimate of drug-likeness (QED) is 0.667. The predicted molar refractivity (Wildman–Crippen MR) is 110 cm³/mol. The Labute approximate surface area is 168 Å². The van der Waals surface area contributed by atoms with Crippen molar-refractivity contribution in [3.8, 4) is 5.75 Å². The topological polar surface area (TPSA) is 102 Å². The van der Waals surface area contributed by atoms with E-state index in [0.29, 0.717) is 16.8 Å². The monoisotopic (exact) mass is 414 g/mol. The highest BCUT2D eigenvalue weighted by Gasteiger charge is 2.28. The summed E-state index contributed by atoms with van der Waals surface area (Å²) in [7, 11) is -3.93. The molecule has 0 bridgehead atoms. The molecular weight excluding hydrogens is 392 g/mol. The second kappa shape index (κ2) is 7.84. The first-order chi connectivity index (χ1) is 14.0. The second-order valence-corrected chi connectivity index (χ2v) is 8.69. The summed E-state index contributed by atoms with van der Waals surface area (Å²) < 4.78 is 32.8. The van der Waals surface area contributed by atoms with E-state index in [0.717, 1.165) is 5.56 Å². The van der Waals surface area contributed by atoms with Crippen LogP contribution in [0.15, 0.2) is 47.6 Å². The number of carbonyl (C=O) groups is 1. The van der Waals surface area contributed by atoms with Crippen LogP contribution in [0.3, 0.4) is 0 Å². The number of ether oxygens (including phenoxy) is 1. The van der Waals surface area contributed by atoms with Crippen LogP contribution in [0, 0.1) is 6.92 Å². The van der Waals surface area contributed by atoms with E-state index >= 15 is 0 Å². The Morgan fingerprint density at radius 2 is 1.93 bits per heavy atom. The molecule has 9 heteroatoms. The molecular formula is C20H22N4O4S. The van der Waals surface area contributed by atoms with Crippen molar-refractivity contribution in [2.24, 2.45) is 0 Å². The zero-order chi connectivity index (χ0) is 20.4. The van der Waals surface area contributed by atoms with Crippen molar-refractivity contribution in [2.45, 2.75) is 24.7 Å². The third-order valence-corrected chi connectivity index (χ3v) is 6.53. The molecule has 0 unspecified atom stereocenters. The van der Waals surface area contributed by atoms with Crippen molar-refractivity contribution in [3.63, 3.8) is 0 Å². The van der Waals surface area contributed by atoms with Crippen LogP contribution in [0.2, 0.25) is 0 Å². The lowest BCUT2D eigenvalue weighted by molar-refractivity contribution is -0.118. The van der Waals surface area contributed by atoms with Crippen LogP contribution in [-0.4, -0.2) is 43.0 Å². The molecule has 0 radical (unpaired) electrons. The van der Waals surface area contributed by atoms with E-state index in [1.807, 2.05) is 0 Å². The zero-order valence-corrected chi connectivity index (χ0v) is 16.8. The van der Waals surface area contributed by atoms with E-state index in [1.165, 1.54) is 42.2 Å². The van der Waals surface area contributed by atoms with Crippen LogP contribution in [-0.2, 0) is 14.8 Å². The summed E-state index contributed by atoms with van der Waals surface area (Å²) in [5.74, 6) is -0.0534. The lowest BCUT2D eigenvalue weighted by Gasteiger charge is -2.20. The maximum atomic E-state index is 13.2. The fourth-order valence-electron chi connectivity index (χ4n) is 3.40. The number of hydrogen-bond acceptors (Lipinski definition) is 6. The Morgan fingerprint density at radius 3 is 2.66 bits per heavy atom. The van der Waals surface area contributed by atoms with Gasteiger partial charge in [-0.2, -0.15) is 0 Å². The van der Waals surface area contributed by atoms with E-state index in [-0.39, 0.29) is 23.1 Å². The molecule has 1 saturated heterocycles. The van der Waals surface area contributed by atoms with E-state index in [4.69, 9.17) is 4.74 Å². The van der Waals surface area contributed by atoms with E-state index < -0.39 is 10.0 Å². The molecule has 2 N–H and O–H groups in total. The van der Waals surface area contributed by atoms with Gasteiger partial charge in [-0.25, -0.2) is 12.4 Å². The molecule has 152 valence electrons. The highest BCUT2D eigenvalue weighted by atomic mass is 32.2. The number of pyridine rings is 1. The van der Waals surface area contributed by atoms with Gasteiger partial charge in [-0.1, -0.05) is 6.07 Å². The minimum atomic E-state index is -3.93. The van der Waals surface area contributed by atoms with Gasteiger partial charge in [0.25, 0.3) is 15.9 Å². The molecule has 2 aromatic heterocycles. The molecule has 4 heterocycles. The fraction of sp³-hybridized carbons (Fsp3) is 0.300. The zero-order valence-electron chi connectivity index (χ0n) is 16.0. The molecule has 29 heavy (non-hydrogen) atoms. The van der Waals surface area contributed by atoms with Crippen molar-refractivity contribution < 1.29 is 17.9 Å². The molecule has 2 aliphatic rings. The van der Waals surface area contributed by atoms with Gasteiger partial charge < -0.3 is 15.4 Å². The van der Waals surface area contributed by atoms with Crippen LogP contribution in [0.4, 0.5) is 5.69 Å². The number of benzene rings is 1. The summed E-state index contributed by atoms with van der Waals surface area (Å²) in [5, 5.41) is 5.81. The first kappa shape index (κ1) is 19.4. The van der Waals surface area contributed by atoms with Crippen molar-refractivity contribution in [2.75, 3.05) is 25.0 Å². The highest BCUT2D eigenvalue weighted by Crippen LogP contribution is 2.36. The number of nitrogens with zero attached hydrogens (tertiary/aromatic N) is 2. The van der Waals surface area contributed by atoms with E-state index in [1.54, 1.807) is 37.4 Å². The lowest BCUT2D eigenvalue weighted by Crippen LogP contribution is -2.27. The number of anilines is 1. The molecule has 0 aliphatic carbocycles.